The molecule has 0 saturated carbocycles. The van der Waals surface area contributed by atoms with Crippen LogP contribution in [0.3, 0.4) is 0 Å². The number of hydrogen-bond donors (Lipinski definition) is 3. The van der Waals surface area contributed by atoms with E-state index in [1.165, 1.54) is 4.90 Å². The first-order chi connectivity index (χ1) is 18.8. The molecule has 39 heavy (non-hydrogen) atoms. The van der Waals surface area contributed by atoms with Gasteiger partial charge in [-0.1, -0.05) is 71.2 Å². The van der Waals surface area contributed by atoms with Gasteiger partial charge in [-0.2, -0.15) is 0 Å². The van der Waals surface area contributed by atoms with Gasteiger partial charge in [0, 0.05) is 55.3 Å². The van der Waals surface area contributed by atoms with Crippen molar-refractivity contribution < 1.29 is 14.7 Å². The summed E-state index contributed by atoms with van der Waals surface area (Å²) in [5, 5.41) is 17.9. The molecule has 0 bridgehead atoms. The Kier molecular flexibility index (Phi) is 7.89. The van der Waals surface area contributed by atoms with Gasteiger partial charge in [0.1, 0.15) is 5.54 Å². The lowest BCUT2D eigenvalue weighted by atomic mass is 9.84. The van der Waals surface area contributed by atoms with Crippen LogP contribution in [0.25, 0.3) is 11.1 Å². The average molecular weight is 586 g/mol. The van der Waals surface area contributed by atoms with E-state index in [0.717, 1.165) is 22.3 Å². The number of carboxylic acid groups (broad SMARTS) is 1. The van der Waals surface area contributed by atoms with Crippen molar-refractivity contribution in [3.63, 3.8) is 0 Å². The summed E-state index contributed by atoms with van der Waals surface area (Å²) < 4.78 is 0. The number of hydrogen-bond acceptors (Lipinski definition) is 4. The fourth-order valence-corrected chi connectivity index (χ4v) is 6.26. The Morgan fingerprint density at radius 1 is 1.05 bits per heavy atom. The van der Waals surface area contributed by atoms with E-state index in [-0.39, 0.29) is 25.5 Å². The monoisotopic (exact) mass is 584 g/mol. The Hall–Kier alpha value is -3.07. The highest BCUT2D eigenvalue weighted by molar-refractivity contribution is 6.40. The maximum Gasteiger partial charge on any atom is 0.326 e. The van der Waals surface area contributed by atoms with Gasteiger partial charge in [0.15, 0.2) is 0 Å². The van der Waals surface area contributed by atoms with E-state index in [1.807, 2.05) is 35.2 Å². The minimum Gasteiger partial charge on any atom is -0.480 e. The molecule has 7 nitrogen and oxygen atoms in total. The lowest BCUT2D eigenvalue weighted by molar-refractivity contribution is -0.152. The number of carboxylic acids is 1. The quantitative estimate of drug-likeness (QED) is 0.291. The number of nitrogens with one attached hydrogen (secondary N) is 2. The van der Waals surface area contributed by atoms with Crippen molar-refractivity contribution in [1.82, 2.24) is 15.5 Å². The Bertz CT molecular complexity index is 1440. The van der Waals surface area contributed by atoms with Crippen LogP contribution in [0.15, 0.2) is 67.3 Å². The molecular formula is C29H27Cl3N4O3. The molecule has 1 atom stereocenters. The molecule has 2 amide bonds. The molecule has 0 aliphatic carbocycles. The summed E-state index contributed by atoms with van der Waals surface area (Å²) in [6, 6.07) is 15.9. The predicted octanol–water partition coefficient (Wildman–Crippen LogP) is 6.13. The molecule has 2 heterocycles. The van der Waals surface area contributed by atoms with Crippen LogP contribution in [0.1, 0.15) is 11.1 Å². The number of para-hydroxylation sites is 1. The van der Waals surface area contributed by atoms with Crippen LogP contribution in [0.4, 0.5) is 16.2 Å². The summed E-state index contributed by atoms with van der Waals surface area (Å²) >= 11 is 19.8. The molecule has 0 spiro atoms. The fraction of sp³-hybridized carbons (Fsp3) is 0.241. The molecule has 5 rings (SSSR count). The lowest BCUT2D eigenvalue weighted by Crippen LogP contribution is -2.66. The average Bonchev–Trinajstić information content (AvgIpc) is 2.91. The molecule has 1 saturated heterocycles. The largest absolute Gasteiger partial charge is 0.480 e. The fourth-order valence-electron chi connectivity index (χ4n) is 5.45. The molecule has 0 radical (unpaired) electrons. The topological polar surface area (TPSA) is 84.9 Å². The van der Waals surface area contributed by atoms with Gasteiger partial charge in [-0.15, -0.1) is 6.58 Å². The maximum absolute atomic E-state index is 13.3. The molecule has 3 N–H and O–H groups in total. The Balaban J connectivity index is 1.75. The zero-order valence-electron chi connectivity index (χ0n) is 21.0. The second-order valence-corrected chi connectivity index (χ2v) is 10.8. The standard InChI is InChI=1S/C29H27Cl3N4O3/c1-2-11-35-12-10-33-17-29(35,27(37)38)15-18-13-20(19-6-3-4-7-22(19)30)21-16-34-28(39)36(25(21)14-18)26-23(31)8-5-9-24(26)32/h2-9,13-14,33H,1,10-12,15-17H2,(H,34,39)(H,37,38). The number of carbonyl (C=O) groups is 2. The van der Waals surface area contributed by atoms with Gasteiger partial charge in [0.25, 0.3) is 0 Å². The molecule has 0 aromatic heterocycles. The molecule has 10 heteroatoms. The first-order valence-electron chi connectivity index (χ1n) is 12.5. The van der Waals surface area contributed by atoms with Crippen molar-refractivity contribution in [2.24, 2.45) is 0 Å². The smallest absolute Gasteiger partial charge is 0.326 e. The van der Waals surface area contributed by atoms with E-state index in [4.69, 9.17) is 34.8 Å². The van der Waals surface area contributed by atoms with E-state index < -0.39 is 11.5 Å². The first-order valence-corrected chi connectivity index (χ1v) is 13.6. The van der Waals surface area contributed by atoms with Crippen LogP contribution >= 0.6 is 34.8 Å². The van der Waals surface area contributed by atoms with Gasteiger partial charge in [-0.25, -0.2) is 4.79 Å². The molecule has 202 valence electrons. The van der Waals surface area contributed by atoms with Gasteiger partial charge in [-0.3, -0.25) is 14.6 Å². The normalized spacial score (nSPS) is 19.4. The van der Waals surface area contributed by atoms with Crippen molar-refractivity contribution in [3.8, 4) is 11.1 Å². The van der Waals surface area contributed by atoms with Crippen LogP contribution in [-0.2, 0) is 17.8 Å². The van der Waals surface area contributed by atoms with Gasteiger partial charge in [0.2, 0.25) is 0 Å². The number of rotatable bonds is 7. The summed E-state index contributed by atoms with van der Waals surface area (Å²) in [5.41, 5.74) is 2.81. The highest BCUT2D eigenvalue weighted by atomic mass is 35.5. The Labute approximate surface area is 242 Å². The highest BCUT2D eigenvalue weighted by Crippen LogP contribution is 2.45. The summed E-state index contributed by atoms with van der Waals surface area (Å²) in [7, 11) is 0. The van der Waals surface area contributed by atoms with Crippen molar-refractivity contribution >= 4 is 58.2 Å². The Morgan fingerprint density at radius 3 is 2.46 bits per heavy atom. The minimum absolute atomic E-state index is 0.180. The van der Waals surface area contributed by atoms with Crippen LogP contribution in [-0.4, -0.2) is 53.7 Å². The van der Waals surface area contributed by atoms with Crippen molar-refractivity contribution in [2.45, 2.75) is 18.5 Å². The summed E-state index contributed by atoms with van der Waals surface area (Å²) in [6.45, 7) is 6.01. The van der Waals surface area contributed by atoms with Crippen molar-refractivity contribution in [1.29, 1.82) is 0 Å². The predicted molar refractivity (Wildman–Crippen MR) is 156 cm³/mol. The van der Waals surface area contributed by atoms with E-state index >= 15 is 0 Å². The molecule has 1 unspecified atom stereocenters. The van der Waals surface area contributed by atoms with E-state index in [2.05, 4.69) is 17.2 Å². The molecular weight excluding hydrogens is 559 g/mol. The van der Waals surface area contributed by atoms with Crippen LogP contribution < -0.4 is 15.5 Å². The second-order valence-electron chi connectivity index (χ2n) is 9.61. The summed E-state index contributed by atoms with van der Waals surface area (Å²) in [6.07, 6.45) is 1.90. The highest BCUT2D eigenvalue weighted by Gasteiger charge is 2.46. The van der Waals surface area contributed by atoms with Crippen LogP contribution in [0.2, 0.25) is 15.1 Å². The number of urea groups is 1. The van der Waals surface area contributed by atoms with Crippen molar-refractivity contribution in [3.05, 3.63) is 93.4 Å². The third-order valence-corrected chi connectivity index (χ3v) is 8.24. The SMILES string of the molecule is C=CCN1CCNCC1(Cc1cc(-c2ccccc2Cl)c2c(c1)N(c1c(Cl)cccc1Cl)C(=O)NC2)C(=O)O. The van der Waals surface area contributed by atoms with Gasteiger partial charge < -0.3 is 15.7 Å². The second kappa shape index (κ2) is 11.2. The number of amides is 2. The third-order valence-electron chi connectivity index (χ3n) is 7.30. The van der Waals surface area contributed by atoms with Crippen molar-refractivity contribution in [2.75, 3.05) is 31.1 Å². The summed E-state index contributed by atoms with van der Waals surface area (Å²) in [5.74, 6) is -0.933. The van der Waals surface area contributed by atoms with E-state index in [0.29, 0.717) is 46.1 Å². The maximum atomic E-state index is 13.3. The molecule has 2 aliphatic rings. The number of fused-ring (bicyclic) bond motifs is 1. The molecule has 3 aromatic carbocycles. The zero-order valence-corrected chi connectivity index (χ0v) is 23.3. The third kappa shape index (κ3) is 5.01. The first kappa shape index (κ1) is 27.5. The number of piperazine rings is 1. The van der Waals surface area contributed by atoms with Gasteiger partial charge in [-0.05, 0) is 35.4 Å². The zero-order chi connectivity index (χ0) is 27.7. The molecule has 2 aliphatic heterocycles. The Morgan fingerprint density at radius 2 is 1.77 bits per heavy atom. The van der Waals surface area contributed by atoms with Crippen LogP contribution in [0, 0.1) is 0 Å². The van der Waals surface area contributed by atoms with E-state index in [1.54, 1.807) is 30.3 Å². The number of anilines is 2. The number of aliphatic carboxylic acids is 1. The number of carbonyl (C=O) groups excluding carboxylic acids is 1. The van der Waals surface area contributed by atoms with Gasteiger partial charge in [0.05, 0.1) is 21.4 Å². The minimum atomic E-state index is -1.22. The van der Waals surface area contributed by atoms with E-state index in [9.17, 15) is 14.7 Å². The number of benzene rings is 3. The summed E-state index contributed by atoms with van der Waals surface area (Å²) in [4.78, 5) is 29.6. The lowest BCUT2D eigenvalue weighted by Gasteiger charge is -2.44. The van der Waals surface area contributed by atoms with Gasteiger partial charge >= 0.3 is 12.0 Å². The number of nitrogens with zero attached hydrogens (tertiary/aromatic N) is 2. The molecule has 3 aromatic rings. The molecule has 1 fully saturated rings. The van der Waals surface area contributed by atoms with Crippen LogP contribution in [0.5, 0.6) is 0 Å². The number of halogens is 3.